The number of nitrogens with zero attached hydrogens (tertiary/aromatic N) is 1. The first-order chi connectivity index (χ1) is 13.0. The number of carbonyl (C=O) groups excluding carboxylic acids is 2. The molecule has 1 unspecified atom stereocenters. The predicted molar refractivity (Wildman–Crippen MR) is 102 cm³/mol. The Morgan fingerprint density at radius 3 is 2.67 bits per heavy atom. The van der Waals surface area contributed by atoms with Crippen molar-refractivity contribution in [3.63, 3.8) is 0 Å². The van der Waals surface area contributed by atoms with Crippen molar-refractivity contribution in [3.05, 3.63) is 58.4 Å². The molecule has 0 spiro atoms. The molecule has 1 atom stereocenters. The minimum absolute atomic E-state index is 0.0600. The molecule has 3 rings (SSSR count). The summed E-state index contributed by atoms with van der Waals surface area (Å²) in [6.45, 7) is 7.25. The van der Waals surface area contributed by atoms with Crippen LogP contribution in [0.3, 0.4) is 0 Å². The van der Waals surface area contributed by atoms with Crippen LogP contribution in [0.25, 0.3) is 0 Å². The summed E-state index contributed by atoms with van der Waals surface area (Å²) in [5.41, 5.74) is 3.26. The van der Waals surface area contributed by atoms with Gasteiger partial charge in [0.1, 0.15) is 5.69 Å². The number of H-pyrrole nitrogens is 1. The molecular formula is C21H26N2O4. The maximum absolute atomic E-state index is 13.4. The fourth-order valence-corrected chi connectivity index (χ4v) is 3.65. The molecule has 1 fully saturated rings. The van der Waals surface area contributed by atoms with Crippen LogP contribution in [0.4, 0.5) is 0 Å². The second-order valence-corrected chi connectivity index (χ2v) is 6.67. The minimum Gasteiger partial charge on any atom is -0.462 e. The average molecular weight is 370 g/mol. The number of aromatic amines is 1. The molecule has 144 valence electrons. The molecule has 1 aromatic carbocycles. The van der Waals surface area contributed by atoms with E-state index in [-0.39, 0.29) is 11.9 Å². The lowest BCUT2D eigenvalue weighted by Crippen LogP contribution is -2.36. The Labute approximate surface area is 159 Å². The molecule has 1 N–H and O–H groups in total. The molecule has 0 bridgehead atoms. The second-order valence-electron chi connectivity index (χ2n) is 6.67. The maximum Gasteiger partial charge on any atom is 0.340 e. The van der Waals surface area contributed by atoms with Gasteiger partial charge in [-0.2, -0.15) is 0 Å². The monoisotopic (exact) mass is 370 g/mol. The number of rotatable bonds is 4. The van der Waals surface area contributed by atoms with E-state index in [0.717, 1.165) is 12.0 Å². The molecule has 2 aromatic rings. The van der Waals surface area contributed by atoms with Gasteiger partial charge in [0.15, 0.2) is 0 Å². The standard InChI is InChI=1S/C21H26N2O4/c1-4-27-21(25)18-14(2)19(22-15(18)3)20(24)23-11-13-26-12-10-17(23)16-8-6-5-7-9-16/h5-9,17,22H,4,10-13H2,1-3H3. The highest BCUT2D eigenvalue weighted by molar-refractivity contribution is 6.00. The molecule has 6 nitrogen and oxygen atoms in total. The van der Waals surface area contributed by atoms with E-state index in [1.165, 1.54) is 0 Å². The van der Waals surface area contributed by atoms with Gasteiger partial charge in [-0.05, 0) is 38.3 Å². The zero-order valence-corrected chi connectivity index (χ0v) is 16.1. The molecule has 1 aromatic heterocycles. The number of benzene rings is 1. The van der Waals surface area contributed by atoms with E-state index < -0.39 is 5.97 Å². The van der Waals surface area contributed by atoms with E-state index in [9.17, 15) is 9.59 Å². The van der Waals surface area contributed by atoms with Crippen LogP contribution in [0.15, 0.2) is 30.3 Å². The van der Waals surface area contributed by atoms with E-state index >= 15 is 0 Å². The summed E-state index contributed by atoms with van der Waals surface area (Å²) >= 11 is 0. The summed E-state index contributed by atoms with van der Waals surface area (Å²) in [7, 11) is 0. The van der Waals surface area contributed by atoms with Gasteiger partial charge in [-0.15, -0.1) is 0 Å². The van der Waals surface area contributed by atoms with Gasteiger partial charge in [-0.25, -0.2) is 4.79 Å². The lowest BCUT2D eigenvalue weighted by atomic mass is 10.0. The normalized spacial score (nSPS) is 17.4. The van der Waals surface area contributed by atoms with Crippen LogP contribution in [-0.2, 0) is 9.47 Å². The average Bonchev–Trinajstić information content (AvgIpc) is 2.84. The summed E-state index contributed by atoms with van der Waals surface area (Å²) in [5, 5.41) is 0. The number of amides is 1. The molecule has 1 amide bonds. The van der Waals surface area contributed by atoms with Crippen LogP contribution >= 0.6 is 0 Å². The zero-order chi connectivity index (χ0) is 19.4. The Bertz CT molecular complexity index is 813. The van der Waals surface area contributed by atoms with E-state index in [1.54, 1.807) is 20.8 Å². The van der Waals surface area contributed by atoms with Gasteiger partial charge in [0.05, 0.1) is 24.8 Å². The van der Waals surface area contributed by atoms with Gasteiger partial charge < -0.3 is 19.4 Å². The van der Waals surface area contributed by atoms with Crippen molar-refractivity contribution >= 4 is 11.9 Å². The molecule has 0 radical (unpaired) electrons. The summed E-state index contributed by atoms with van der Waals surface area (Å²) in [6, 6.07) is 9.93. The van der Waals surface area contributed by atoms with Crippen LogP contribution in [-0.4, -0.2) is 48.1 Å². The Kier molecular flexibility index (Phi) is 5.96. The molecular weight excluding hydrogens is 344 g/mol. The fourth-order valence-electron chi connectivity index (χ4n) is 3.65. The van der Waals surface area contributed by atoms with Gasteiger partial charge in [0.25, 0.3) is 5.91 Å². The number of hydrogen-bond acceptors (Lipinski definition) is 4. The van der Waals surface area contributed by atoms with Crippen LogP contribution < -0.4 is 0 Å². The predicted octanol–water partition coefficient (Wildman–Crippen LogP) is 3.41. The third kappa shape index (κ3) is 3.90. The molecule has 0 saturated carbocycles. The summed E-state index contributed by atoms with van der Waals surface area (Å²) in [5.74, 6) is -0.521. The Hall–Kier alpha value is -2.60. The molecule has 6 heteroatoms. The topological polar surface area (TPSA) is 71.6 Å². The molecule has 27 heavy (non-hydrogen) atoms. The van der Waals surface area contributed by atoms with Gasteiger partial charge in [-0.3, -0.25) is 4.79 Å². The van der Waals surface area contributed by atoms with Crippen LogP contribution in [0.2, 0.25) is 0 Å². The van der Waals surface area contributed by atoms with Gasteiger partial charge in [0.2, 0.25) is 0 Å². The van der Waals surface area contributed by atoms with Crippen molar-refractivity contribution in [1.29, 1.82) is 0 Å². The van der Waals surface area contributed by atoms with E-state index in [0.29, 0.717) is 48.9 Å². The number of ether oxygens (including phenoxy) is 2. The molecule has 1 saturated heterocycles. The minimum atomic E-state index is -0.401. The highest BCUT2D eigenvalue weighted by Crippen LogP contribution is 2.29. The van der Waals surface area contributed by atoms with Gasteiger partial charge in [-0.1, -0.05) is 30.3 Å². The zero-order valence-electron chi connectivity index (χ0n) is 16.1. The highest BCUT2D eigenvalue weighted by Gasteiger charge is 2.31. The second kappa shape index (κ2) is 8.39. The SMILES string of the molecule is CCOC(=O)c1c(C)[nH]c(C(=O)N2CCOCCC2c2ccccc2)c1C. The largest absolute Gasteiger partial charge is 0.462 e. The highest BCUT2D eigenvalue weighted by atomic mass is 16.5. The molecule has 0 aliphatic carbocycles. The van der Waals surface area contributed by atoms with Crippen molar-refractivity contribution in [1.82, 2.24) is 9.88 Å². The Morgan fingerprint density at radius 2 is 1.96 bits per heavy atom. The first-order valence-electron chi connectivity index (χ1n) is 9.34. The maximum atomic E-state index is 13.4. The Balaban J connectivity index is 1.95. The van der Waals surface area contributed by atoms with Gasteiger partial charge >= 0.3 is 5.97 Å². The summed E-state index contributed by atoms with van der Waals surface area (Å²) in [4.78, 5) is 30.6. The smallest absolute Gasteiger partial charge is 0.340 e. The van der Waals surface area contributed by atoms with E-state index in [1.807, 2.05) is 35.2 Å². The number of aromatic nitrogens is 1. The Morgan fingerprint density at radius 1 is 1.22 bits per heavy atom. The lowest BCUT2D eigenvalue weighted by Gasteiger charge is -2.29. The number of nitrogens with one attached hydrogen (secondary N) is 1. The van der Waals surface area contributed by atoms with Crippen molar-refractivity contribution < 1.29 is 19.1 Å². The van der Waals surface area contributed by atoms with Crippen LogP contribution in [0, 0.1) is 13.8 Å². The third-order valence-electron chi connectivity index (χ3n) is 4.96. The number of hydrogen-bond donors (Lipinski definition) is 1. The number of carbonyl (C=O) groups is 2. The van der Waals surface area contributed by atoms with E-state index in [2.05, 4.69) is 4.98 Å². The van der Waals surface area contributed by atoms with Crippen LogP contribution in [0.5, 0.6) is 0 Å². The first kappa shape index (κ1) is 19.2. The van der Waals surface area contributed by atoms with Crippen molar-refractivity contribution in [2.45, 2.75) is 33.2 Å². The van der Waals surface area contributed by atoms with Gasteiger partial charge in [0, 0.05) is 18.8 Å². The summed E-state index contributed by atoms with van der Waals surface area (Å²) in [6.07, 6.45) is 0.735. The molecule has 2 heterocycles. The fraction of sp³-hybridized carbons (Fsp3) is 0.429. The summed E-state index contributed by atoms with van der Waals surface area (Å²) < 4.78 is 10.7. The quantitative estimate of drug-likeness (QED) is 0.837. The van der Waals surface area contributed by atoms with Crippen molar-refractivity contribution in [3.8, 4) is 0 Å². The van der Waals surface area contributed by atoms with Crippen molar-refractivity contribution in [2.75, 3.05) is 26.4 Å². The first-order valence-corrected chi connectivity index (χ1v) is 9.34. The number of aryl methyl sites for hydroxylation is 1. The third-order valence-corrected chi connectivity index (χ3v) is 4.96. The number of esters is 1. The lowest BCUT2D eigenvalue weighted by molar-refractivity contribution is 0.0525. The molecule has 1 aliphatic heterocycles. The van der Waals surface area contributed by atoms with Crippen molar-refractivity contribution in [2.24, 2.45) is 0 Å². The molecule has 1 aliphatic rings. The van der Waals surface area contributed by atoms with E-state index in [4.69, 9.17) is 9.47 Å². The van der Waals surface area contributed by atoms with Crippen LogP contribution in [0.1, 0.15) is 57.1 Å².